The Balaban J connectivity index is 3.31. The number of nitrogen functional groups attached to an aromatic ring is 1. The molecule has 0 aliphatic carbocycles. The molecule has 0 aliphatic heterocycles. The normalized spacial score (nSPS) is 10.6. The molecule has 0 saturated heterocycles. The molecule has 0 bridgehead atoms. The summed E-state index contributed by atoms with van der Waals surface area (Å²) < 4.78 is 29.9. The SMILES string of the molecule is COc1c(CBr)cc(N)nc1C(F)F. The monoisotopic (exact) mass is 266 g/mol. The van der Waals surface area contributed by atoms with Crippen molar-refractivity contribution in [1.29, 1.82) is 0 Å². The molecule has 14 heavy (non-hydrogen) atoms. The number of hydrogen-bond acceptors (Lipinski definition) is 3. The first-order chi connectivity index (χ1) is 6.60. The van der Waals surface area contributed by atoms with Crippen LogP contribution in [0.1, 0.15) is 17.7 Å². The fourth-order valence-electron chi connectivity index (χ4n) is 1.11. The largest absolute Gasteiger partial charge is 0.494 e. The van der Waals surface area contributed by atoms with Gasteiger partial charge in [0.05, 0.1) is 7.11 Å². The highest BCUT2D eigenvalue weighted by Crippen LogP contribution is 2.32. The fourth-order valence-corrected chi connectivity index (χ4v) is 1.53. The van der Waals surface area contributed by atoms with Gasteiger partial charge in [-0.15, -0.1) is 0 Å². The lowest BCUT2D eigenvalue weighted by Gasteiger charge is -2.11. The van der Waals surface area contributed by atoms with Crippen LogP contribution in [0, 0.1) is 0 Å². The van der Waals surface area contributed by atoms with Crippen LogP contribution in [0.4, 0.5) is 14.6 Å². The van der Waals surface area contributed by atoms with E-state index in [9.17, 15) is 8.78 Å². The topological polar surface area (TPSA) is 48.1 Å². The Morgan fingerprint density at radius 1 is 1.64 bits per heavy atom. The van der Waals surface area contributed by atoms with Crippen LogP contribution in [0.3, 0.4) is 0 Å². The van der Waals surface area contributed by atoms with E-state index in [0.717, 1.165) is 0 Å². The zero-order chi connectivity index (χ0) is 10.7. The second kappa shape index (κ2) is 4.54. The van der Waals surface area contributed by atoms with E-state index in [-0.39, 0.29) is 11.6 Å². The molecule has 78 valence electrons. The average Bonchev–Trinajstić information content (AvgIpc) is 2.16. The van der Waals surface area contributed by atoms with Crippen molar-refractivity contribution in [1.82, 2.24) is 4.98 Å². The van der Waals surface area contributed by atoms with Crippen LogP contribution in [0.25, 0.3) is 0 Å². The minimum Gasteiger partial charge on any atom is -0.494 e. The van der Waals surface area contributed by atoms with Crippen molar-refractivity contribution in [3.63, 3.8) is 0 Å². The predicted octanol–water partition coefficient (Wildman–Crippen LogP) is 2.50. The van der Waals surface area contributed by atoms with Crippen LogP contribution >= 0.6 is 15.9 Å². The van der Waals surface area contributed by atoms with E-state index in [4.69, 9.17) is 10.5 Å². The van der Waals surface area contributed by atoms with Crippen molar-refractivity contribution in [3.8, 4) is 5.75 Å². The summed E-state index contributed by atoms with van der Waals surface area (Å²) in [5, 5.41) is 0.391. The average molecular weight is 267 g/mol. The van der Waals surface area contributed by atoms with Crippen LogP contribution in [-0.4, -0.2) is 12.1 Å². The third-order valence-electron chi connectivity index (χ3n) is 1.65. The summed E-state index contributed by atoms with van der Waals surface area (Å²) in [6, 6.07) is 1.50. The number of methoxy groups -OCH3 is 1. The third-order valence-corrected chi connectivity index (χ3v) is 2.25. The zero-order valence-electron chi connectivity index (χ0n) is 7.43. The number of hydrogen-bond donors (Lipinski definition) is 1. The van der Waals surface area contributed by atoms with Crippen molar-refractivity contribution in [2.45, 2.75) is 11.8 Å². The van der Waals surface area contributed by atoms with E-state index in [1.165, 1.54) is 13.2 Å². The van der Waals surface area contributed by atoms with Gasteiger partial charge in [-0.05, 0) is 6.07 Å². The molecule has 3 nitrogen and oxygen atoms in total. The number of pyridine rings is 1. The molecule has 0 radical (unpaired) electrons. The van der Waals surface area contributed by atoms with Gasteiger partial charge in [0.25, 0.3) is 6.43 Å². The fraction of sp³-hybridized carbons (Fsp3) is 0.375. The number of rotatable bonds is 3. The molecule has 6 heteroatoms. The molecular formula is C8H9BrF2N2O. The van der Waals surface area contributed by atoms with Gasteiger partial charge < -0.3 is 10.5 Å². The quantitative estimate of drug-likeness (QED) is 0.856. The van der Waals surface area contributed by atoms with Crippen molar-refractivity contribution in [2.75, 3.05) is 12.8 Å². The predicted molar refractivity (Wildman–Crippen MR) is 52.8 cm³/mol. The summed E-state index contributed by atoms with van der Waals surface area (Å²) in [6.45, 7) is 0. The van der Waals surface area contributed by atoms with Crippen molar-refractivity contribution >= 4 is 21.7 Å². The summed E-state index contributed by atoms with van der Waals surface area (Å²) >= 11 is 3.16. The second-order valence-electron chi connectivity index (χ2n) is 2.56. The molecule has 0 saturated carbocycles. The number of aromatic nitrogens is 1. The highest BCUT2D eigenvalue weighted by molar-refractivity contribution is 9.08. The molecule has 0 aromatic carbocycles. The minimum absolute atomic E-state index is 0.0653. The zero-order valence-corrected chi connectivity index (χ0v) is 9.01. The number of ether oxygens (including phenoxy) is 1. The standard InChI is InChI=1S/C8H9BrF2N2O/c1-14-7-4(3-9)2-5(12)13-6(7)8(10)11/h2,8H,3H2,1H3,(H2,12,13). The number of nitrogens with zero attached hydrogens (tertiary/aromatic N) is 1. The van der Waals surface area contributed by atoms with Crippen LogP contribution in [-0.2, 0) is 5.33 Å². The molecule has 0 fully saturated rings. The number of anilines is 1. The molecular weight excluding hydrogens is 258 g/mol. The lowest BCUT2D eigenvalue weighted by molar-refractivity contribution is 0.141. The van der Waals surface area contributed by atoms with Gasteiger partial charge in [-0.3, -0.25) is 0 Å². The number of nitrogens with two attached hydrogens (primary N) is 1. The Kier molecular flexibility index (Phi) is 3.62. The molecule has 1 rings (SSSR count). The Bertz CT molecular complexity index is 333. The van der Waals surface area contributed by atoms with Crippen LogP contribution < -0.4 is 10.5 Å². The highest BCUT2D eigenvalue weighted by Gasteiger charge is 2.19. The van der Waals surface area contributed by atoms with Gasteiger partial charge in [-0.1, -0.05) is 15.9 Å². The number of alkyl halides is 3. The summed E-state index contributed by atoms with van der Waals surface area (Å²) in [7, 11) is 1.32. The van der Waals surface area contributed by atoms with Crippen molar-refractivity contribution in [2.24, 2.45) is 0 Å². The lowest BCUT2D eigenvalue weighted by atomic mass is 10.2. The summed E-state index contributed by atoms with van der Waals surface area (Å²) in [6.07, 6.45) is -2.69. The molecule has 0 amide bonds. The molecule has 1 aromatic heterocycles. The van der Waals surface area contributed by atoms with Gasteiger partial charge in [-0.2, -0.15) is 0 Å². The molecule has 0 atom stereocenters. The Labute approximate surface area is 88.4 Å². The van der Waals surface area contributed by atoms with Crippen LogP contribution in [0.5, 0.6) is 5.75 Å². The van der Waals surface area contributed by atoms with Gasteiger partial charge in [0.15, 0.2) is 5.69 Å². The van der Waals surface area contributed by atoms with E-state index in [2.05, 4.69) is 20.9 Å². The molecule has 0 unspecified atom stereocenters. The smallest absolute Gasteiger partial charge is 0.284 e. The van der Waals surface area contributed by atoms with E-state index in [1.807, 2.05) is 0 Å². The van der Waals surface area contributed by atoms with Gasteiger partial charge >= 0.3 is 0 Å². The summed E-state index contributed by atoms with van der Waals surface area (Å²) in [5.74, 6) is 0.154. The van der Waals surface area contributed by atoms with Crippen molar-refractivity contribution < 1.29 is 13.5 Å². The van der Waals surface area contributed by atoms with Gasteiger partial charge in [0, 0.05) is 10.9 Å². The molecule has 2 N–H and O–H groups in total. The van der Waals surface area contributed by atoms with Gasteiger partial charge in [0.2, 0.25) is 0 Å². The first-order valence-corrected chi connectivity index (χ1v) is 4.89. The Hall–Kier alpha value is -0.910. The summed E-state index contributed by atoms with van der Waals surface area (Å²) in [4.78, 5) is 3.53. The molecule has 1 aromatic rings. The van der Waals surface area contributed by atoms with E-state index >= 15 is 0 Å². The van der Waals surface area contributed by atoms with Crippen molar-refractivity contribution in [3.05, 3.63) is 17.3 Å². The Morgan fingerprint density at radius 3 is 2.71 bits per heavy atom. The van der Waals surface area contributed by atoms with E-state index < -0.39 is 12.1 Å². The summed E-state index contributed by atoms with van der Waals surface area (Å²) in [5.41, 5.74) is 5.53. The first-order valence-electron chi connectivity index (χ1n) is 3.77. The lowest BCUT2D eigenvalue weighted by Crippen LogP contribution is -2.03. The highest BCUT2D eigenvalue weighted by atomic mass is 79.9. The molecule has 1 heterocycles. The molecule has 0 spiro atoms. The Morgan fingerprint density at radius 2 is 2.29 bits per heavy atom. The van der Waals surface area contributed by atoms with Crippen LogP contribution in [0.15, 0.2) is 6.07 Å². The number of halogens is 3. The van der Waals surface area contributed by atoms with E-state index in [0.29, 0.717) is 10.9 Å². The maximum Gasteiger partial charge on any atom is 0.284 e. The minimum atomic E-state index is -2.69. The van der Waals surface area contributed by atoms with Crippen LogP contribution in [0.2, 0.25) is 0 Å². The maximum atomic E-state index is 12.5. The molecule has 0 aliphatic rings. The maximum absolute atomic E-state index is 12.5. The van der Waals surface area contributed by atoms with E-state index in [1.54, 1.807) is 0 Å². The third kappa shape index (κ3) is 2.12. The van der Waals surface area contributed by atoms with Gasteiger partial charge in [-0.25, -0.2) is 13.8 Å². The van der Waals surface area contributed by atoms with Gasteiger partial charge in [0.1, 0.15) is 11.6 Å². The second-order valence-corrected chi connectivity index (χ2v) is 3.12. The first kappa shape index (κ1) is 11.2.